The highest BCUT2D eigenvalue weighted by molar-refractivity contribution is 9.09. The number of hydrogen-bond acceptors (Lipinski definition) is 3. The zero-order chi connectivity index (χ0) is 14.8. The molecule has 1 aromatic carbocycles. The lowest BCUT2D eigenvalue weighted by molar-refractivity contribution is 0.480. The number of benzene rings is 1. The number of alkyl halides is 1. The molecule has 108 valence electrons. The third-order valence-electron chi connectivity index (χ3n) is 3.01. The zero-order valence-corrected chi connectivity index (χ0v) is 13.6. The fraction of sp³-hybridized carbons (Fsp3) is 0.308. The summed E-state index contributed by atoms with van der Waals surface area (Å²) in [6, 6.07) is 9.44. The molecule has 1 unspecified atom stereocenters. The lowest BCUT2D eigenvalue weighted by Crippen LogP contribution is -2.44. The summed E-state index contributed by atoms with van der Waals surface area (Å²) in [7, 11) is -3.66. The van der Waals surface area contributed by atoms with E-state index in [1.807, 2.05) is 37.3 Å². The Morgan fingerprint density at radius 1 is 1.35 bits per heavy atom. The van der Waals surface area contributed by atoms with Crippen molar-refractivity contribution >= 4 is 26.0 Å². The normalized spacial score (nSPS) is 14.9. The summed E-state index contributed by atoms with van der Waals surface area (Å²) in [5, 5.41) is 0.522. The van der Waals surface area contributed by atoms with Crippen molar-refractivity contribution in [1.29, 1.82) is 0 Å². The first-order chi connectivity index (χ1) is 9.37. The van der Waals surface area contributed by atoms with E-state index < -0.39 is 15.6 Å². The number of hydrogen-bond donors (Lipinski definition) is 2. The molecular weight excluding hydrogens is 342 g/mol. The Hall–Kier alpha value is -1.18. The summed E-state index contributed by atoms with van der Waals surface area (Å²) in [5.74, 6) is 0.561. The van der Waals surface area contributed by atoms with Gasteiger partial charge in [0.05, 0.1) is 11.7 Å². The molecule has 0 fully saturated rings. The maximum atomic E-state index is 12.4. The third-order valence-corrected chi connectivity index (χ3v) is 5.63. The van der Waals surface area contributed by atoms with Gasteiger partial charge in [-0.25, -0.2) is 13.4 Å². The van der Waals surface area contributed by atoms with Crippen LogP contribution in [0.1, 0.15) is 18.3 Å². The van der Waals surface area contributed by atoms with Crippen LogP contribution >= 0.6 is 15.9 Å². The fourth-order valence-corrected chi connectivity index (χ4v) is 3.87. The van der Waals surface area contributed by atoms with Gasteiger partial charge in [-0.3, -0.25) is 0 Å². The van der Waals surface area contributed by atoms with Gasteiger partial charge in [0.2, 0.25) is 0 Å². The fourth-order valence-electron chi connectivity index (χ4n) is 1.86. The van der Waals surface area contributed by atoms with Gasteiger partial charge in [0.1, 0.15) is 5.82 Å². The van der Waals surface area contributed by atoms with Gasteiger partial charge in [-0.2, -0.15) is 4.72 Å². The Morgan fingerprint density at radius 3 is 2.50 bits per heavy atom. The molecule has 0 aliphatic heterocycles. The number of aromatic nitrogens is 2. The Balaban J connectivity index is 2.35. The maximum absolute atomic E-state index is 12.4. The molecule has 1 heterocycles. The largest absolute Gasteiger partial charge is 0.332 e. The smallest absolute Gasteiger partial charge is 0.258 e. The molecule has 1 aromatic heterocycles. The van der Waals surface area contributed by atoms with Crippen LogP contribution in [0.4, 0.5) is 0 Å². The third kappa shape index (κ3) is 3.11. The highest BCUT2D eigenvalue weighted by Gasteiger charge is 2.32. The van der Waals surface area contributed by atoms with Crippen LogP contribution in [0.3, 0.4) is 0 Å². The van der Waals surface area contributed by atoms with Crippen LogP contribution in [0.2, 0.25) is 0 Å². The minimum absolute atomic E-state index is 0.0677. The maximum Gasteiger partial charge on any atom is 0.258 e. The second-order valence-corrected chi connectivity index (χ2v) is 6.98. The van der Waals surface area contributed by atoms with E-state index >= 15 is 0 Å². The predicted octanol–water partition coefficient (Wildman–Crippen LogP) is 2.31. The molecule has 0 saturated heterocycles. The molecule has 0 saturated carbocycles. The summed E-state index contributed by atoms with van der Waals surface area (Å²) in [5.41, 5.74) is 0.149. The van der Waals surface area contributed by atoms with E-state index in [1.165, 1.54) is 6.20 Å². The van der Waals surface area contributed by atoms with E-state index in [2.05, 4.69) is 30.6 Å². The number of rotatable bonds is 5. The summed E-state index contributed by atoms with van der Waals surface area (Å²) >= 11 is 3.39. The van der Waals surface area contributed by atoms with Crippen molar-refractivity contribution in [3.8, 4) is 0 Å². The highest BCUT2D eigenvalue weighted by atomic mass is 79.9. The molecule has 0 aliphatic carbocycles. The van der Waals surface area contributed by atoms with Crippen LogP contribution in [-0.2, 0) is 15.6 Å². The number of halogens is 1. The first-order valence-electron chi connectivity index (χ1n) is 6.04. The van der Waals surface area contributed by atoms with Crippen molar-refractivity contribution in [2.75, 3.05) is 5.33 Å². The zero-order valence-electron chi connectivity index (χ0n) is 11.2. The summed E-state index contributed by atoms with van der Waals surface area (Å²) in [6.07, 6.45) is 1.32. The predicted molar refractivity (Wildman–Crippen MR) is 81.2 cm³/mol. The van der Waals surface area contributed by atoms with Gasteiger partial charge in [-0.1, -0.05) is 46.3 Å². The topological polar surface area (TPSA) is 74.8 Å². The molecule has 2 aromatic rings. The Bertz CT molecular complexity index is 685. The molecule has 5 nitrogen and oxygen atoms in total. The van der Waals surface area contributed by atoms with Crippen LogP contribution in [-0.4, -0.2) is 23.7 Å². The van der Waals surface area contributed by atoms with E-state index in [-0.39, 0.29) is 5.03 Å². The average Bonchev–Trinajstić information content (AvgIpc) is 2.87. The molecule has 0 radical (unpaired) electrons. The Morgan fingerprint density at radius 2 is 2.00 bits per heavy atom. The van der Waals surface area contributed by atoms with E-state index in [4.69, 9.17) is 0 Å². The van der Waals surface area contributed by atoms with E-state index in [9.17, 15) is 8.42 Å². The average molecular weight is 358 g/mol. The van der Waals surface area contributed by atoms with Gasteiger partial charge < -0.3 is 4.98 Å². The van der Waals surface area contributed by atoms with Gasteiger partial charge in [0.15, 0.2) is 5.03 Å². The van der Waals surface area contributed by atoms with Gasteiger partial charge in [-0.15, -0.1) is 0 Å². The van der Waals surface area contributed by atoms with Crippen molar-refractivity contribution in [2.24, 2.45) is 0 Å². The molecule has 0 aliphatic rings. The number of nitrogens with one attached hydrogen (secondary N) is 2. The summed E-state index contributed by atoms with van der Waals surface area (Å²) < 4.78 is 27.5. The quantitative estimate of drug-likeness (QED) is 0.806. The number of H-pyrrole nitrogens is 1. The number of nitrogens with zero attached hydrogens (tertiary/aromatic N) is 1. The van der Waals surface area contributed by atoms with Crippen LogP contribution in [0.5, 0.6) is 0 Å². The first-order valence-corrected chi connectivity index (χ1v) is 8.65. The van der Waals surface area contributed by atoms with E-state index in [0.29, 0.717) is 11.2 Å². The first kappa shape index (κ1) is 15.2. The van der Waals surface area contributed by atoms with Crippen LogP contribution in [0.25, 0.3) is 0 Å². The van der Waals surface area contributed by atoms with Crippen molar-refractivity contribution in [1.82, 2.24) is 14.7 Å². The van der Waals surface area contributed by atoms with Crippen molar-refractivity contribution < 1.29 is 8.42 Å². The van der Waals surface area contributed by atoms with E-state index in [1.54, 1.807) is 6.92 Å². The Kier molecular flexibility index (Phi) is 4.31. The molecule has 2 rings (SSSR count). The molecule has 0 bridgehead atoms. The standard InChI is InChI=1S/C13H16BrN3O2S/c1-10-15-8-12(16-10)20(18,19)17-13(2,9-14)11-6-4-3-5-7-11/h3-8,17H,9H2,1-2H3,(H,15,16). The number of sulfonamides is 1. The van der Waals surface area contributed by atoms with Gasteiger partial charge in [0, 0.05) is 5.33 Å². The van der Waals surface area contributed by atoms with E-state index in [0.717, 1.165) is 5.56 Å². The lowest BCUT2D eigenvalue weighted by Gasteiger charge is -2.28. The van der Waals surface area contributed by atoms with Gasteiger partial charge in [-0.05, 0) is 19.4 Å². The molecular formula is C13H16BrN3O2S. The number of imidazole rings is 1. The SMILES string of the molecule is Cc1ncc(S(=O)(=O)NC(C)(CBr)c2ccccc2)[nH]1. The second-order valence-electron chi connectivity index (χ2n) is 4.77. The van der Waals surface area contributed by atoms with Gasteiger partial charge in [0.25, 0.3) is 10.0 Å². The molecule has 7 heteroatoms. The Labute approximate surface area is 127 Å². The summed E-state index contributed by atoms with van der Waals surface area (Å²) in [4.78, 5) is 6.66. The summed E-state index contributed by atoms with van der Waals surface area (Å²) in [6.45, 7) is 3.54. The lowest BCUT2D eigenvalue weighted by atomic mass is 9.96. The molecule has 20 heavy (non-hydrogen) atoms. The highest BCUT2D eigenvalue weighted by Crippen LogP contribution is 2.25. The monoisotopic (exact) mass is 357 g/mol. The van der Waals surface area contributed by atoms with Crippen molar-refractivity contribution in [2.45, 2.75) is 24.4 Å². The minimum atomic E-state index is -3.66. The van der Waals surface area contributed by atoms with Crippen LogP contribution < -0.4 is 4.72 Å². The van der Waals surface area contributed by atoms with Crippen LogP contribution in [0, 0.1) is 6.92 Å². The van der Waals surface area contributed by atoms with Crippen molar-refractivity contribution in [3.63, 3.8) is 0 Å². The van der Waals surface area contributed by atoms with Gasteiger partial charge >= 0.3 is 0 Å². The molecule has 0 amide bonds. The number of aromatic amines is 1. The molecule has 1 atom stereocenters. The molecule has 2 N–H and O–H groups in total. The second kappa shape index (κ2) is 5.67. The van der Waals surface area contributed by atoms with Crippen LogP contribution in [0.15, 0.2) is 41.6 Å². The number of aryl methyl sites for hydroxylation is 1. The molecule has 0 spiro atoms. The van der Waals surface area contributed by atoms with Crippen molar-refractivity contribution in [3.05, 3.63) is 47.9 Å². The minimum Gasteiger partial charge on any atom is -0.332 e.